The number of nitrogens with zero attached hydrogens (tertiary/aromatic N) is 2. The molecule has 0 saturated carbocycles. The molecule has 6 nitrogen and oxygen atoms in total. The van der Waals surface area contributed by atoms with Gasteiger partial charge in [-0.15, -0.1) is 0 Å². The fourth-order valence-corrected chi connectivity index (χ4v) is 3.77. The van der Waals surface area contributed by atoms with E-state index >= 15 is 0 Å². The van der Waals surface area contributed by atoms with Crippen LogP contribution in [0, 0.1) is 0 Å². The third kappa shape index (κ3) is 6.62. The monoisotopic (exact) mass is 426 g/mol. The van der Waals surface area contributed by atoms with Crippen LogP contribution in [0.2, 0.25) is 0 Å². The molecule has 6 heteroatoms. The van der Waals surface area contributed by atoms with Crippen molar-refractivity contribution >= 4 is 5.91 Å². The Morgan fingerprint density at radius 2 is 1.77 bits per heavy atom. The van der Waals surface area contributed by atoms with Gasteiger partial charge in [0.05, 0.1) is 19.3 Å². The van der Waals surface area contributed by atoms with Gasteiger partial charge in [0, 0.05) is 26.2 Å². The SMILES string of the molecule is COc1ccccc1COc1ccc(OCCCN2CCCCC2)cc1C(=O)N(C)C. The Hall–Kier alpha value is -2.73. The molecule has 0 bridgehead atoms. The van der Waals surface area contributed by atoms with E-state index in [4.69, 9.17) is 14.2 Å². The molecule has 0 N–H and O–H groups in total. The van der Waals surface area contributed by atoms with Gasteiger partial charge in [0.25, 0.3) is 5.91 Å². The maximum absolute atomic E-state index is 12.7. The van der Waals surface area contributed by atoms with E-state index < -0.39 is 0 Å². The quantitative estimate of drug-likeness (QED) is 0.532. The fourth-order valence-electron chi connectivity index (χ4n) is 3.77. The normalized spacial score (nSPS) is 14.2. The highest BCUT2D eigenvalue weighted by molar-refractivity contribution is 5.97. The Morgan fingerprint density at radius 1 is 1.00 bits per heavy atom. The van der Waals surface area contributed by atoms with Crippen molar-refractivity contribution in [1.82, 2.24) is 9.80 Å². The summed E-state index contributed by atoms with van der Waals surface area (Å²) < 4.78 is 17.3. The van der Waals surface area contributed by atoms with Crippen LogP contribution < -0.4 is 14.2 Å². The molecule has 0 spiro atoms. The maximum Gasteiger partial charge on any atom is 0.257 e. The molecule has 1 amide bonds. The van der Waals surface area contributed by atoms with Gasteiger partial charge in [0.15, 0.2) is 0 Å². The van der Waals surface area contributed by atoms with Crippen LogP contribution >= 0.6 is 0 Å². The zero-order valence-electron chi connectivity index (χ0n) is 18.9. The molecule has 0 aliphatic carbocycles. The van der Waals surface area contributed by atoms with Crippen LogP contribution in [-0.2, 0) is 6.61 Å². The minimum absolute atomic E-state index is 0.117. The molecule has 1 heterocycles. The highest BCUT2D eigenvalue weighted by atomic mass is 16.5. The van der Waals surface area contributed by atoms with E-state index in [-0.39, 0.29) is 5.91 Å². The first-order valence-electron chi connectivity index (χ1n) is 11.0. The number of ether oxygens (including phenoxy) is 3. The second-order valence-corrected chi connectivity index (χ2v) is 8.06. The average Bonchev–Trinajstić information content (AvgIpc) is 2.81. The predicted molar refractivity (Wildman–Crippen MR) is 122 cm³/mol. The number of para-hydroxylation sites is 1. The molecule has 2 aromatic rings. The number of hydrogen-bond acceptors (Lipinski definition) is 5. The highest BCUT2D eigenvalue weighted by Gasteiger charge is 2.17. The molecule has 2 aromatic carbocycles. The Morgan fingerprint density at radius 3 is 2.52 bits per heavy atom. The predicted octanol–water partition coefficient (Wildman–Crippen LogP) is 4.23. The van der Waals surface area contributed by atoms with Gasteiger partial charge in [0.2, 0.25) is 0 Å². The number of likely N-dealkylation sites (tertiary alicyclic amines) is 1. The molecular formula is C25H34N2O4. The molecule has 31 heavy (non-hydrogen) atoms. The van der Waals surface area contributed by atoms with E-state index in [2.05, 4.69) is 4.90 Å². The van der Waals surface area contributed by atoms with Crippen molar-refractivity contribution in [3.05, 3.63) is 53.6 Å². The molecule has 1 fully saturated rings. The summed E-state index contributed by atoms with van der Waals surface area (Å²) in [6, 6.07) is 13.2. The van der Waals surface area contributed by atoms with Gasteiger partial charge in [-0.3, -0.25) is 4.79 Å². The first-order chi connectivity index (χ1) is 15.1. The topological polar surface area (TPSA) is 51.2 Å². The number of carbonyl (C=O) groups excluding carboxylic acids is 1. The van der Waals surface area contributed by atoms with Crippen molar-refractivity contribution in [2.24, 2.45) is 0 Å². The molecule has 1 aliphatic heterocycles. The Labute approximate surface area is 185 Å². The average molecular weight is 427 g/mol. The van der Waals surface area contributed by atoms with Gasteiger partial charge in [-0.1, -0.05) is 24.6 Å². The minimum atomic E-state index is -0.117. The van der Waals surface area contributed by atoms with Crippen molar-refractivity contribution < 1.29 is 19.0 Å². The molecule has 168 valence electrons. The fraction of sp³-hybridized carbons (Fsp3) is 0.480. The second kappa shape index (κ2) is 11.6. The number of hydrogen-bond donors (Lipinski definition) is 0. The van der Waals surface area contributed by atoms with Crippen molar-refractivity contribution in [2.75, 3.05) is 47.4 Å². The summed E-state index contributed by atoms with van der Waals surface area (Å²) in [5.41, 5.74) is 1.42. The van der Waals surface area contributed by atoms with Crippen LogP contribution in [0.1, 0.15) is 41.6 Å². The molecule has 0 radical (unpaired) electrons. The summed E-state index contributed by atoms with van der Waals surface area (Å²) in [5.74, 6) is 1.86. The number of piperidine rings is 1. The van der Waals surface area contributed by atoms with Gasteiger partial charge in [0.1, 0.15) is 23.9 Å². The molecule has 1 saturated heterocycles. The largest absolute Gasteiger partial charge is 0.496 e. The first kappa shape index (κ1) is 22.9. The van der Waals surface area contributed by atoms with Gasteiger partial charge < -0.3 is 24.0 Å². The van der Waals surface area contributed by atoms with Gasteiger partial charge in [-0.05, 0) is 56.6 Å². The molecule has 1 aliphatic rings. The second-order valence-electron chi connectivity index (χ2n) is 8.06. The highest BCUT2D eigenvalue weighted by Crippen LogP contribution is 2.28. The summed E-state index contributed by atoms with van der Waals surface area (Å²) >= 11 is 0. The van der Waals surface area contributed by atoms with Crippen LogP contribution in [0.3, 0.4) is 0 Å². The van der Waals surface area contributed by atoms with Crippen molar-refractivity contribution in [1.29, 1.82) is 0 Å². The lowest BCUT2D eigenvalue weighted by Gasteiger charge is -2.26. The molecule has 3 rings (SSSR count). The maximum atomic E-state index is 12.7. The van der Waals surface area contributed by atoms with Crippen LogP contribution in [0.25, 0.3) is 0 Å². The van der Waals surface area contributed by atoms with Crippen LogP contribution in [-0.4, -0.2) is 63.2 Å². The lowest BCUT2D eigenvalue weighted by atomic mass is 10.1. The van der Waals surface area contributed by atoms with Crippen molar-refractivity contribution in [3.8, 4) is 17.2 Å². The zero-order chi connectivity index (χ0) is 22.1. The van der Waals surface area contributed by atoms with Gasteiger partial charge >= 0.3 is 0 Å². The number of benzene rings is 2. The Balaban J connectivity index is 1.63. The van der Waals surface area contributed by atoms with E-state index in [1.165, 1.54) is 32.4 Å². The number of carbonyl (C=O) groups is 1. The van der Waals surface area contributed by atoms with Crippen LogP contribution in [0.4, 0.5) is 0 Å². The van der Waals surface area contributed by atoms with Crippen LogP contribution in [0.15, 0.2) is 42.5 Å². The summed E-state index contributed by atoms with van der Waals surface area (Å²) in [4.78, 5) is 16.8. The van der Waals surface area contributed by atoms with E-state index in [9.17, 15) is 4.79 Å². The summed E-state index contributed by atoms with van der Waals surface area (Å²) in [5, 5.41) is 0. The molecule has 0 atom stereocenters. The van der Waals surface area contributed by atoms with Crippen molar-refractivity contribution in [2.45, 2.75) is 32.3 Å². The summed E-state index contributed by atoms with van der Waals surface area (Å²) in [6.45, 7) is 4.39. The standard InChI is InChI=1S/C25H34N2O4/c1-26(2)25(28)22-18-21(30-17-9-16-27-14-7-4-8-15-27)12-13-24(22)31-19-20-10-5-6-11-23(20)29-3/h5-6,10-13,18H,4,7-9,14-17,19H2,1-3H3. The molecular weight excluding hydrogens is 392 g/mol. The zero-order valence-corrected chi connectivity index (χ0v) is 18.9. The lowest BCUT2D eigenvalue weighted by molar-refractivity contribution is 0.0822. The van der Waals surface area contributed by atoms with Gasteiger partial charge in [-0.2, -0.15) is 0 Å². The summed E-state index contributed by atoms with van der Waals surface area (Å²) in [7, 11) is 5.11. The number of methoxy groups -OCH3 is 1. The lowest BCUT2D eigenvalue weighted by Crippen LogP contribution is -2.31. The van der Waals surface area contributed by atoms with E-state index in [0.29, 0.717) is 30.3 Å². The van der Waals surface area contributed by atoms with Gasteiger partial charge in [-0.25, -0.2) is 0 Å². The van der Waals surface area contributed by atoms with E-state index in [1.54, 1.807) is 32.2 Å². The first-order valence-corrected chi connectivity index (χ1v) is 11.0. The van der Waals surface area contributed by atoms with E-state index in [1.807, 2.05) is 36.4 Å². The Bertz CT molecular complexity index is 847. The summed E-state index contributed by atoms with van der Waals surface area (Å²) in [6.07, 6.45) is 4.92. The van der Waals surface area contributed by atoms with Crippen LogP contribution in [0.5, 0.6) is 17.2 Å². The molecule has 0 aromatic heterocycles. The van der Waals surface area contributed by atoms with E-state index in [0.717, 1.165) is 24.3 Å². The Kier molecular flexibility index (Phi) is 8.59. The smallest absolute Gasteiger partial charge is 0.257 e. The number of rotatable bonds is 10. The third-order valence-corrected chi connectivity index (χ3v) is 5.50. The van der Waals surface area contributed by atoms with Crippen molar-refractivity contribution in [3.63, 3.8) is 0 Å². The minimum Gasteiger partial charge on any atom is -0.496 e. The molecule has 0 unspecified atom stereocenters. The number of amides is 1. The third-order valence-electron chi connectivity index (χ3n) is 5.50.